The molecule has 0 radical (unpaired) electrons. The van der Waals surface area contributed by atoms with Gasteiger partial charge in [0.1, 0.15) is 0 Å². The maximum absolute atomic E-state index is 12.0. The standard InChI is InChI=1S/C17H16N4O4S/c1-26(24,25)21-12-5-2-11(3-6-12)4-9-16(22)18-13-7-8-14-15(10-13)20-17(23)19-14/h2-10,21H,1H3,(H,18,22)(H2,19,20,23)/b9-4+. The summed E-state index contributed by atoms with van der Waals surface area (Å²) in [6.45, 7) is 0. The molecule has 0 aliphatic heterocycles. The van der Waals surface area contributed by atoms with Gasteiger partial charge in [-0.15, -0.1) is 0 Å². The van der Waals surface area contributed by atoms with E-state index >= 15 is 0 Å². The minimum atomic E-state index is -3.32. The Morgan fingerprint density at radius 2 is 1.65 bits per heavy atom. The number of carbonyl (C=O) groups is 1. The summed E-state index contributed by atoms with van der Waals surface area (Å²) < 4.78 is 24.7. The van der Waals surface area contributed by atoms with Crippen molar-refractivity contribution in [1.82, 2.24) is 9.97 Å². The summed E-state index contributed by atoms with van der Waals surface area (Å²) in [4.78, 5) is 28.5. The van der Waals surface area contributed by atoms with Gasteiger partial charge in [-0.3, -0.25) is 9.52 Å². The Labute approximate surface area is 149 Å². The molecule has 0 spiro atoms. The predicted molar refractivity (Wildman–Crippen MR) is 101 cm³/mol. The normalized spacial score (nSPS) is 11.7. The van der Waals surface area contributed by atoms with Crippen molar-refractivity contribution in [2.45, 2.75) is 0 Å². The summed E-state index contributed by atoms with van der Waals surface area (Å²) >= 11 is 0. The van der Waals surface area contributed by atoms with Crippen LogP contribution in [0, 0.1) is 0 Å². The molecule has 0 unspecified atom stereocenters. The highest BCUT2D eigenvalue weighted by atomic mass is 32.2. The SMILES string of the molecule is CS(=O)(=O)Nc1ccc(/C=C/C(=O)Nc2ccc3[nH]c(=O)[nH]c3c2)cc1. The second kappa shape index (κ2) is 6.89. The first-order valence-corrected chi connectivity index (χ1v) is 9.47. The van der Waals surface area contributed by atoms with Crippen molar-refractivity contribution in [3.05, 3.63) is 64.6 Å². The van der Waals surface area contributed by atoms with Crippen molar-refractivity contribution in [2.24, 2.45) is 0 Å². The van der Waals surface area contributed by atoms with E-state index in [2.05, 4.69) is 20.0 Å². The van der Waals surface area contributed by atoms with E-state index in [4.69, 9.17) is 0 Å². The van der Waals surface area contributed by atoms with E-state index in [9.17, 15) is 18.0 Å². The number of amides is 1. The van der Waals surface area contributed by atoms with E-state index in [1.807, 2.05) is 0 Å². The fourth-order valence-electron chi connectivity index (χ4n) is 2.34. The van der Waals surface area contributed by atoms with E-state index in [0.717, 1.165) is 11.8 Å². The van der Waals surface area contributed by atoms with Gasteiger partial charge >= 0.3 is 5.69 Å². The van der Waals surface area contributed by atoms with Gasteiger partial charge in [0.15, 0.2) is 0 Å². The van der Waals surface area contributed by atoms with Gasteiger partial charge in [0.2, 0.25) is 15.9 Å². The molecule has 9 heteroatoms. The largest absolute Gasteiger partial charge is 0.323 e. The maximum atomic E-state index is 12.0. The van der Waals surface area contributed by atoms with E-state index < -0.39 is 10.0 Å². The number of nitrogens with one attached hydrogen (secondary N) is 4. The molecule has 0 aliphatic rings. The Morgan fingerprint density at radius 3 is 2.35 bits per heavy atom. The molecule has 1 heterocycles. The average Bonchev–Trinajstić information content (AvgIpc) is 2.92. The molecule has 134 valence electrons. The number of carbonyl (C=O) groups excluding carboxylic acids is 1. The third-order valence-electron chi connectivity index (χ3n) is 3.42. The number of benzene rings is 2. The Hall–Kier alpha value is -3.33. The molecule has 1 amide bonds. The van der Waals surface area contributed by atoms with Crippen molar-refractivity contribution in [3.63, 3.8) is 0 Å². The second-order valence-corrected chi connectivity index (χ2v) is 7.41. The van der Waals surface area contributed by atoms with Crippen LogP contribution in [0.25, 0.3) is 17.1 Å². The van der Waals surface area contributed by atoms with Crippen LogP contribution in [0.2, 0.25) is 0 Å². The fraction of sp³-hybridized carbons (Fsp3) is 0.0588. The Kier molecular flexibility index (Phi) is 4.63. The lowest BCUT2D eigenvalue weighted by molar-refractivity contribution is -0.111. The van der Waals surface area contributed by atoms with Gasteiger partial charge < -0.3 is 15.3 Å². The third kappa shape index (κ3) is 4.61. The lowest BCUT2D eigenvalue weighted by Crippen LogP contribution is -2.09. The summed E-state index contributed by atoms with van der Waals surface area (Å²) in [5.41, 5.74) is 2.69. The number of anilines is 2. The molecule has 0 saturated heterocycles. The number of aromatic amines is 2. The van der Waals surface area contributed by atoms with Crippen LogP contribution in [-0.4, -0.2) is 30.5 Å². The number of hydrogen-bond acceptors (Lipinski definition) is 4. The van der Waals surface area contributed by atoms with Crippen molar-refractivity contribution in [3.8, 4) is 0 Å². The van der Waals surface area contributed by atoms with E-state index in [1.54, 1.807) is 48.5 Å². The quantitative estimate of drug-likeness (QED) is 0.510. The van der Waals surface area contributed by atoms with Crippen LogP contribution < -0.4 is 15.7 Å². The van der Waals surface area contributed by atoms with Gasteiger partial charge in [0.25, 0.3) is 0 Å². The second-order valence-electron chi connectivity index (χ2n) is 5.66. The minimum Gasteiger partial charge on any atom is -0.322 e. The number of imidazole rings is 1. The fourth-order valence-corrected chi connectivity index (χ4v) is 2.91. The molecule has 0 atom stereocenters. The molecule has 3 rings (SSSR count). The first-order valence-electron chi connectivity index (χ1n) is 7.57. The molecule has 0 bridgehead atoms. The van der Waals surface area contributed by atoms with Gasteiger partial charge in [-0.2, -0.15) is 0 Å². The van der Waals surface area contributed by atoms with E-state index in [0.29, 0.717) is 22.4 Å². The topological polar surface area (TPSA) is 124 Å². The molecule has 3 aromatic rings. The minimum absolute atomic E-state index is 0.308. The highest BCUT2D eigenvalue weighted by Gasteiger charge is 2.03. The molecule has 1 aromatic heterocycles. The number of H-pyrrole nitrogens is 2. The molecule has 26 heavy (non-hydrogen) atoms. The summed E-state index contributed by atoms with van der Waals surface area (Å²) in [7, 11) is -3.32. The lowest BCUT2D eigenvalue weighted by atomic mass is 10.2. The summed E-state index contributed by atoms with van der Waals surface area (Å²) in [5.74, 6) is -0.333. The van der Waals surface area contributed by atoms with E-state index in [1.165, 1.54) is 6.08 Å². The molecule has 4 N–H and O–H groups in total. The van der Waals surface area contributed by atoms with Crippen molar-refractivity contribution in [1.29, 1.82) is 0 Å². The molecule has 0 fully saturated rings. The summed E-state index contributed by atoms with van der Waals surface area (Å²) in [6, 6.07) is 11.6. The van der Waals surface area contributed by atoms with Crippen molar-refractivity contribution < 1.29 is 13.2 Å². The molecular weight excluding hydrogens is 356 g/mol. The smallest absolute Gasteiger partial charge is 0.322 e. The summed E-state index contributed by atoms with van der Waals surface area (Å²) in [6.07, 6.45) is 4.05. The molecule has 0 aliphatic carbocycles. The zero-order valence-electron chi connectivity index (χ0n) is 13.7. The van der Waals surface area contributed by atoms with E-state index in [-0.39, 0.29) is 11.6 Å². The Morgan fingerprint density at radius 1 is 1.00 bits per heavy atom. The van der Waals surface area contributed by atoms with Crippen molar-refractivity contribution in [2.75, 3.05) is 16.3 Å². The van der Waals surface area contributed by atoms with Gasteiger partial charge in [-0.25, -0.2) is 13.2 Å². The summed E-state index contributed by atoms with van der Waals surface area (Å²) in [5, 5.41) is 2.70. The van der Waals surface area contributed by atoms with Crippen LogP contribution >= 0.6 is 0 Å². The van der Waals surface area contributed by atoms with Gasteiger partial charge in [-0.1, -0.05) is 12.1 Å². The highest BCUT2D eigenvalue weighted by molar-refractivity contribution is 7.92. The number of hydrogen-bond donors (Lipinski definition) is 4. The van der Waals surface area contributed by atoms with Crippen LogP contribution in [0.15, 0.2) is 53.3 Å². The van der Waals surface area contributed by atoms with Crippen LogP contribution in [0.3, 0.4) is 0 Å². The van der Waals surface area contributed by atoms with Crippen LogP contribution in [0.5, 0.6) is 0 Å². The monoisotopic (exact) mass is 372 g/mol. The first kappa shape index (κ1) is 17.5. The van der Waals surface area contributed by atoms with Gasteiger partial charge in [0, 0.05) is 17.5 Å². The molecule has 0 saturated carbocycles. The Balaban J connectivity index is 1.65. The molecular formula is C17H16N4O4S. The Bertz CT molecular complexity index is 1140. The molecule has 8 nitrogen and oxygen atoms in total. The van der Waals surface area contributed by atoms with Gasteiger partial charge in [-0.05, 0) is 42.0 Å². The van der Waals surface area contributed by atoms with Crippen LogP contribution in [0.4, 0.5) is 11.4 Å². The number of aromatic nitrogens is 2. The van der Waals surface area contributed by atoms with Gasteiger partial charge in [0.05, 0.1) is 17.3 Å². The predicted octanol–water partition coefficient (Wildman–Crippen LogP) is 1.88. The number of sulfonamides is 1. The number of rotatable bonds is 5. The maximum Gasteiger partial charge on any atom is 0.323 e. The molecule has 2 aromatic carbocycles. The van der Waals surface area contributed by atoms with Crippen LogP contribution in [-0.2, 0) is 14.8 Å². The zero-order valence-corrected chi connectivity index (χ0v) is 14.6. The zero-order chi connectivity index (χ0) is 18.7. The number of fused-ring (bicyclic) bond motifs is 1. The highest BCUT2D eigenvalue weighted by Crippen LogP contribution is 2.15. The third-order valence-corrected chi connectivity index (χ3v) is 4.03. The average molecular weight is 372 g/mol. The van der Waals surface area contributed by atoms with Crippen LogP contribution in [0.1, 0.15) is 5.56 Å². The van der Waals surface area contributed by atoms with Crippen molar-refractivity contribution >= 4 is 44.4 Å². The first-order chi connectivity index (χ1) is 12.3. The lowest BCUT2D eigenvalue weighted by Gasteiger charge is -2.04.